The quantitative estimate of drug-likeness (QED) is 0.622. The van der Waals surface area contributed by atoms with Gasteiger partial charge < -0.3 is 4.74 Å². The van der Waals surface area contributed by atoms with Crippen LogP contribution in [0.4, 0.5) is 0 Å². The first-order valence-electron chi connectivity index (χ1n) is 3.85. The van der Waals surface area contributed by atoms with Gasteiger partial charge in [-0.1, -0.05) is 12.1 Å². The van der Waals surface area contributed by atoms with Gasteiger partial charge in [-0.05, 0) is 6.07 Å². The van der Waals surface area contributed by atoms with Gasteiger partial charge >= 0.3 is 0 Å². The number of hydrogen-bond donors (Lipinski definition) is 0. The molecule has 0 amide bonds. The Kier molecular flexibility index (Phi) is 1.67. The minimum absolute atomic E-state index is 0.907. The van der Waals surface area contributed by atoms with E-state index in [1.807, 2.05) is 36.5 Å². The number of H-pyrrole nitrogens is 1. The Balaban J connectivity index is 2.79. The highest BCUT2D eigenvalue weighted by Gasteiger charge is 2.03. The lowest BCUT2D eigenvalue weighted by atomic mass is 10.2. The van der Waals surface area contributed by atoms with E-state index in [1.54, 1.807) is 7.11 Å². The first-order valence-corrected chi connectivity index (χ1v) is 3.85. The summed E-state index contributed by atoms with van der Waals surface area (Å²) in [6, 6.07) is 9.97. The molecular formula is C10H10NO+. The van der Waals surface area contributed by atoms with Crippen molar-refractivity contribution in [1.29, 1.82) is 0 Å². The lowest BCUT2D eigenvalue weighted by molar-refractivity contribution is -0.344. The van der Waals surface area contributed by atoms with Crippen LogP contribution in [0.15, 0.2) is 36.5 Å². The van der Waals surface area contributed by atoms with Crippen LogP contribution in [-0.2, 0) is 0 Å². The highest BCUT2D eigenvalue weighted by molar-refractivity contribution is 5.81. The summed E-state index contributed by atoms with van der Waals surface area (Å²) in [5.41, 5.74) is 1.09. The van der Waals surface area contributed by atoms with Crippen LogP contribution in [0.5, 0.6) is 5.75 Å². The highest BCUT2D eigenvalue weighted by atomic mass is 16.5. The van der Waals surface area contributed by atoms with Gasteiger partial charge in [0.05, 0.1) is 12.5 Å². The molecule has 2 rings (SSSR count). The molecular weight excluding hydrogens is 150 g/mol. The van der Waals surface area contributed by atoms with Crippen molar-refractivity contribution >= 4 is 10.9 Å². The fourth-order valence-electron chi connectivity index (χ4n) is 1.30. The van der Waals surface area contributed by atoms with Gasteiger partial charge in [0.15, 0.2) is 6.20 Å². The van der Waals surface area contributed by atoms with Crippen molar-refractivity contribution in [3.63, 3.8) is 0 Å². The summed E-state index contributed by atoms with van der Waals surface area (Å²) in [7, 11) is 1.68. The van der Waals surface area contributed by atoms with E-state index in [4.69, 9.17) is 4.74 Å². The zero-order chi connectivity index (χ0) is 8.39. The van der Waals surface area contributed by atoms with Gasteiger partial charge in [0.25, 0.3) is 0 Å². The van der Waals surface area contributed by atoms with Gasteiger partial charge in [0.1, 0.15) is 5.75 Å². The molecule has 1 aromatic carbocycles. The van der Waals surface area contributed by atoms with E-state index in [9.17, 15) is 0 Å². The molecule has 0 unspecified atom stereocenters. The number of pyridine rings is 1. The number of hydrogen-bond acceptors (Lipinski definition) is 1. The topological polar surface area (TPSA) is 23.4 Å². The molecule has 2 aromatic rings. The van der Waals surface area contributed by atoms with Crippen molar-refractivity contribution in [2.24, 2.45) is 0 Å². The lowest BCUT2D eigenvalue weighted by Gasteiger charge is -1.99. The number of methoxy groups -OCH3 is 1. The van der Waals surface area contributed by atoms with Crippen LogP contribution in [0.25, 0.3) is 10.9 Å². The number of fused-ring (bicyclic) bond motifs is 1. The Bertz CT molecular complexity index is 392. The van der Waals surface area contributed by atoms with Gasteiger partial charge in [0.2, 0.25) is 5.52 Å². The largest absolute Gasteiger partial charge is 0.496 e. The van der Waals surface area contributed by atoms with Crippen molar-refractivity contribution < 1.29 is 9.72 Å². The molecule has 0 aliphatic carbocycles. The molecule has 0 aliphatic rings. The number of para-hydroxylation sites is 1. The van der Waals surface area contributed by atoms with Crippen molar-refractivity contribution in [2.75, 3.05) is 7.11 Å². The van der Waals surface area contributed by atoms with E-state index < -0.39 is 0 Å². The third kappa shape index (κ3) is 1.01. The molecule has 0 bridgehead atoms. The fraction of sp³-hybridized carbons (Fsp3) is 0.100. The summed E-state index contributed by atoms with van der Waals surface area (Å²) in [6.45, 7) is 0. The van der Waals surface area contributed by atoms with Crippen molar-refractivity contribution in [1.82, 2.24) is 0 Å². The van der Waals surface area contributed by atoms with Crippen molar-refractivity contribution in [3.8, 4) is 5.75 Å². The standard InChI is InChI=1S/C10H9NO/c1-12-10-6-7-11-9-5-3-2-4-8(9)10/h2-7H,1H3/p+1. The Hall–Kier alpha value is -1.57. The minimum Gasteiger partial charge on any atom is -0.496 e. The molecule has 1 N–H and O–H groups in total. The van der Waals surface area contributed by atoms with Crippen LogP contribution < -0.4 is 9.72 Å². The van der Waals surface area contributed by atoms with Crippen LogP contribution >= 0.6 is 0 Å². The molecule has 60 valence electrons. The van der Waals surface area contributed by atoms with Crippen LogP contribution in [0.2, 0.25) is 0 Å². The molecule has 0 saturated carbocycles. The van der Waals surface area contributed by atoms with Crippen molar-refractivity contribution in [2.45, 2.75) is 0 Å². The van der Waals surface area contributed by atoms with E-state index in [0.29, 0.717) is 0 Å². The maximum Gasteiger partial charge on any atom is 0.214 e. The van der Waals surface area contributed by atoms with Gasteiger partial charge in [-0.15, -0.1) is 0 Å². The highest BCUT2D eigenvalue weighted by Crippen LogP contribution is 2.20. The SMILES string of the molecule is COc1cc[nH+]c2ccccc12. The second-order valence-corrected chi connectivity index (χ2v) is 2.59. The second-order valence-electron chi connectivity index (χ2n) is 2.59. The Morgan fingerprint density at radius 1 is 1.17 bits per heavy atom. The maximum absolute atomic E-state index is 5.21. The number of ether oxygens (including phenoxy) is 1. The van der Waals surface area contributed by atoms with Crippen LogP contribution in [0, 0.1) is 0 Å². The van der Waals surface area contributed by atoms with Crippen LogP contribution in [0.1, 0.15) is 0 Å². The predicted octanol–water partition coefficient (Wildman–Crippen LogP) is 1.66. The molecule has 0 radical (unpaired) electrons. The summed E-state index contributed by atoms with van der Waals surface area (Å²) in [6.07, 6.45) is 1.88. The normalized spacial score (nSPS) is 10.1. The van der Waals surface area contributed by atoms with Gasteiger partial charge in [-0.3, -0.25) is 0 Å². The molecule has 12 heavy (non-hydrogen) atoms. The molecule has 1 heterocycles. The Labute approximate surface area is 70.8 Å². The predicted molar refractivity (Wildman–Crippen MR) is 47.1 cm³/mol. The molecule has 0 atom stereocenters. The third-order valence-corrected chi connectivity index (χ3v) is 1.89. The molecule has 0 saturated heterocycles. The van der Waals surface area contributed by atoms with E-state index in [0.717, 1.165) is 16.7 Å². The molecule has 2 nitrogen and oxygen atoms in total. The maximum atomic E-state index is 5.21. The number of aromatic amines is 1. The molecule has 2 heteroatoms. The summed E-state index contributed by atoms with van der Waals surface area (Å²) in [4.78, 5) is 3.15. The monoisotopic (exact) mass is 160 g/mol. The summed E-state index contributed by atoms with van der Waals surface area (Å²) in [5.74, 6) is 0.907. The summed E-state index contributed by atoms with van der Waals surface area (Å²) < 4.78 is 5.21. The van der Waals surface area contributed by atoms with Gasteiger partial charge in [-0.25, -0.2) is 4.98 Å². The first kappa shape index (κ1) is 7.10. The number of nitrogens with one attached hydrogen (secondary N) is 1. The van der Waals surface area contributed by atoms with Crippen LogP contribution in [0.3, 0.4) is 0 Å². The van der Waals surface area contributed by atoms with E-state index in [-0.39, 0.29) is 0 Å². The minimum atomic E-state index is 0.907. The van der Waals surface area contributed by atoms with Gasteiger partial charge in [-0.2, -0.15) is 0 Å². The molecule has 0 aliphatic heterocycles. The smallest absolute Gasteiger partial charge is 0.214 e. The van der Waals surface area contributed by atoms with E-state index >= 15 is 0 Å². The average Bonchev–Trinajstić information content (AvgIpc) is 2.17. The van der Waals surface area contributed by atoms with Crippen LogP contribution in [-0.4, -0.2) is 7.11 Å². The molecule has 0 spiro atoms. The van der Waals surface area contributed by atoms with E-state index in [2.05, 4.69) is 4.98 Å². The zero-order valence-electron chi connectivity index (χ0n) is 6.87. The van der Waals surface area contributed by atoms with Crippen molar-refractivity contribution in [3.05, 3.63) is 36.5 Å². The Morgan fingerprint density at radius 2 is 2.00 bits per heavy atom. The summed E-state index contributed by atoms with van der Waals surface area (Å²) in [5, 5.41) is 1.11. The first-order chi connectivity index (χ1) is 5.92. The third-order valence-electron chi connectivity index (χ3n) is 1.89. The second kappa shape index (κ2) is 2.81. The fourth-order valence-corrected chi connectivity index (χ4v) is 1.30. The number of rotatable bonds is 1. The summed E-state index contributed by atoms with van der Waals surface area (Å²) >= 11 is 0. The van der Waals surface area contributed by atoms with E-state index in [1.165, 1.54) is 0 Å². The van der Waals surface area contributed by atoms with Gasteiger partial charge in [0, 0.05) is 12.1 Å². The molecule has 1 aromatic heterocycles. The lowest BCUT2D eigenvalue weighted by Crippen LogP contribution is -2.02. The zero-order valence-corrected chi connectivity index (χ0v) is 6.87. The molecule has 0 fully saturated rings. The average molecular weight is 160 g/mol. The number of aromatic nitrogens is 1. The number of benzene rings is 1. The Morgan fingerprint density at radius 3 is 2.83 bits per heavy atom.